The van der Waals surface area contributed by atoms with Crippen LogP contribution in [-0.2, 0) is 22.7 Å². The van der Waals surface area contributed by atoms with Crippen LogP contribution in [0, 0.1) is 0 Å². The lowest BCUT2D eigenvalue weighted by molar-refractivity contribution is -0.180. The molecule has 0 aromatic heterocycles. The van der Waals surface area contributed by atoms with Gasteiger partial charge in [-0.05, 0) is 11.6 Å². The fourth-order valence-corrected chi connectivity index (χ4v) is 1.70. The monoisotopic (exact) mass is 208 g/mol. The predicted molar refractivity (Wildman–Crippen MR) is 56.7 cm³/mol. The topological polar surface area (TPSA) is 27.7 Å². The molecule has 0 fully saturated rings. The summed E-state index contributed by atoms with van der Waals surface area (Å²) in [5, 5.41) is 0. The summed E-state index contributed by atoms with van der Waals surface area (Å²) in [6.45, 7) is 5.01. The number of ether oxygens (including phenoxy) is 3. The van der Waals surface area contributed by atoms with Gasteiger partial charge in [-0.3, -0.25) is 0 Å². The Morgan fingerprint density at radius 2 is 2.20 bits per heavy atom. The van der Waals surface area contributed by atoms with Gasteiger partial charge in [-0.25, -0.2) is 0 Å². The molecule has 2 rings (SSSR count). The first-order valence-corrected chi connectivity index (χ1v) is 5.05. The zero-order valence-corrected chi connectivity index (χ0v) is 9.37. The fourth-order valence-electron chi connectivity index (χ4n) is 1.70. The minimum Gasteiger partial charge on any atom is -0.463 e. The van der Waals surface area contributed by atoms with Crippen molar-refractivity contribution in [2.45, 2.75) is 32.8 Å². The van der Waals surface area contributed by atoms with Crippen molar-refractivity contribution in [1.29, 1.82) is 0 Å². The average molecular weight is 208 g/mol. The van der Waals surface area contributed by atoms with Gasteiger partial charge in [0.05, 0.1) is 13.2 Å². The Morgan fingerprint density at radius 1 is 1.40 bits per heavy atom. The molecule has 0 unspecified atom stereocenters. The number of rotatable bonds is 2. The summed E-state index contributed by atoms with van der Waals surface area (Å²) in [4.78, 5) is 0. The highest BCUT2D eigenvalue weighted by molar-refractivity contribution is 5.40. The summed E-state index contributed by atoms with van der Waals surface area (Å²) in [5.41, 5.74) is 2.23. The molecule has 1 aromatic rings. The molecule has 1 aliphatic rings. The van der Waals surface area contributed by atoms with Crippen LogP contribution in [0.5, 0.6) is 5.75 Å². The Hall–Kier alpha value is -1.06. The molecule has 0 radical (unpaired) electrons. The summed E-state index contributed by atoms with van der Waals surface area (Å²) < 4.78 is 16.5. The molecule has 0 spiro atoms. The quantitative estimate of drug-likeness (QED) is 0.747. The van der Waals surface area contributed by atoms with Gasteiger partial charge in [0.15, 0.2) is 0 Å². The largest absolute Gasteiger partial charge is 0.463 e. The van der Waals surface area contributed by atoms with Crippen LogP contribution in [0.4, 0.5) is 0 Å². The summed E-state index contributed by atoms with van der Waals surface area (Å²) >= 11 is 0. The summed E-state index contributed by atoms with van der Waals surface area (Å²) in [6, 6.07) is 5.99. The van der Waals surface area contributed by atoms with Crippen molar-refractivity contribution in [1.82, 2.24) is 0 Å². The van der Waals surface area contributed by atoms with E-state index in [1.165, 1.54) is 0 Å². The van der Waals surface area contributed by atoms with E-state index >= 15 is 0 Å². The maximum absolute atomic E-state index is 5.73. The zero-order valence-electron chi connectivity index (χ0n) is 9.37. The minimum absolute atomic E-state index is 0.529. The van der Waals surface area contributed by atoms with Gasteiger partial charge in [0.25, 0.3) is 0 Å². The van der Waals surface area contributed by atoms with Crippen LogP contribution in [0.15, 0.2) is 18.2 Å². The number of hydrogen-bond donors (Lipinski definition) is 0. The van der Waals surface area contributed by atoms with E-state index in [2.05, 4.69) is 0 Å². The third kappa shape index (κ3) is 2.13. The molecule has 3 heteroatoms. The second kappa shape index (κ2) is 3.83. The van der Waals surface area contributed by atoms with E-state index in [-0.39, 0.29) is 0 Å². The highest BCUT2D eigenvalue weighted by atomic mass is 16.7. The lowest BCUT2D eigenvalue weighted by Gasteiger charge is -2.33. The molecule has 0 N–H and O–H groups in total. The molecular weight excluding hydrogens is 192 g/mol. The molecule has 3 nitrogen and oxygen atoms in total. The molecule has 82 valence electrons. The molecule has 0 aliphatic carbocycles. The molecule has 1 heterocycles. The Kier molecular flexibility index (Phi) is 2.67. The maximum Gasteiger partial charge on any atom is 0.205 e. The van der Waals surface area contributed by atoms with Crippen LogP contribution in [0.1, 0.15) is 25.0 Å². The average Bonchev–Trinajstić information content (AvgIpc) is 2.16. The van der Waals surface area contributed by atoms with Crippen LogP contribution in [-0.4, -0.2) is 12.9 Å². The standard InChI is InChI=1S/C12H16O3/c1-12(2)14-8-10-9(7-13-3)5-4-6-11(10)15-12/h4-6H,7-8H2,1-3H3. The normalized spacial score (nSPS) is 18.1. The highest BCUT2D eigenvalue weighted by Crippen LogP contribution is 2.33. The van der Waals surface area contributed by atoms with Crippen molar-refractivity contribution >= 4 is 0 Å². The van der Waals surface area contributed by atoms with E-state index in [1.54, 1.807) is 7.11 Å². The second-order valence-electron chi connectivity index (χ2n) is 4.12. The van der Waals surface area contributed by atoms with Crippen molar-refractivity contribution in [2.24, 2.45) is 0 Å². The van der Waals surface area contributed by atoms with Crippen LogP contribution in [0.3, 0.4) is 0 Å². The second-order valence-corrected chi connectivity index (χ2v) is 4.12. The molecule has 15 heavy (non-hydrogen) atoms. The van der Waals surface area contributed by atoms with Gasteiger partial charge >= 0.3 is 0 Å². The number of fused-ring (bicyclic) bond motifs is 1. The van der Waals surface area contributed by atoms with Crippen molar-refractivity contribution in [3.63, 3.8) is 0 Å². The Labute approximate surface area is 90.0 Å². The van der Waals surface area contributed by atoms with Gasteiger partial charge in [-0.2, -0.15) is 0 Å². The number of methoxy groups -OCH3 is 1. The SMILES string of the molecule is COCc1cccc2c1COC(C)(C)O2. The Balaban J connectivity index is 2.33. The van der Waals surface area contributed by atoms with Crippen molar-refractivity contribution in [3.05, 3.63) is 29.3 Å². The first-order valence-electron chi connectivity index (χ1n) is 5.05. The van der Waals surface area contributed by atoms with Crippen molar-refractivity contribution < 1.29 is 14.2 Å². The van der Waals surface area contributed by atoms with E-state index < -0.39 is 5.79 Å². The molecule has 0 bridgehead atoms. The summed E-state index contributed by atoms with van der Waals surface area (Å²) in [5.74, 6) is 0.374. The van der Waals surface area contributed by atoms with E-state index in [1.807, 2.05) is 32.0 Å². The van der Waals surface area contributed by atoms with Crippen molar-refractivity contribution in [2.75, 3.05) is 7.11 Å². The predicted octanol–water partition coefficient (Wildman–Crippen LogP) is 2.48. The van der Waals surface area contributed by atoms with Crippen LogP contribution >= 0.6 is 0 Å². The zero-order chi connectivity index (χ0) is 10.9. The van der Waals surface area contributed by atoms with Crippen LogP contribution in [0.2, 0.25) is 0 Å². The van der Waals surface area contributed by atoms with Gasteiger partial charge in [-0.1, -0.05) is 12.1 Å². The smallest absolute Gasteiger partial charge is 0.205 e. The molecule has 1 aliphatic heterocycles. The Bertz CT molecular complexity index is 358. The Morgan fingerprint density at radius 3 is 2.93 bits per heavy atom. The van der Waals surface area contributed by atoms with E-state index in [0.717, 1.165) is 16.9 Å². The van der Waals surface area contributed by atoms with Crippen LogP contribution in [0.25, 0.3) is 0 Å². The van der Waals surface area contributed by atoms with Crippen molar-refractivity contribution in [3.8, 4) is 5.75 Å². The third-order valence-corrected chi connectivity index (χ3v) is 2.45. The molecular formula is C12H16O3. The molecule has 0 atom stereocenters. The number of hydrogen-bond acceptors (Lipinski definition) is 3. The molecule has 0 saturated carbocycles. The van der Waals surface area contributed by atoms with Gasteiger partial charge in [-0.15, -0.1) is 0 Å². The summed E-state index contributed by atoms with van der Waals surface area (Å²) in [6.07, 6.45) is 0. The van der Waals surface area contributed by atoms with Gasteiger partial charge in [0.2, 0.25) is 5.79 Å². The minimum atomic E-state index is -0.529. The molecule has 1 aromatic carbocycles. The summed E-state index contributed by atoms with van der Waals surface area (Å²) in [7, 11) is 1.69. The van der Waals surface area contributed by atoms with E-state index in [9.17, 15) is 0 Å². The van der Waals surface area contributed by atoms with E-state index in [4.69, 9.17) is 14.2 Å². The first-order chi connectivity index (χ1) is 7.12. The van der Waals surface area contributed by atoms with Gasteiger partial charge in [0.1, 0.15) is 5.75 Å². The molecule has 0 saturated heterocycles. The van der Waals surface area contributed by atoms with Crippen LogP contribution < -0.4 is 4.74 Å². The molecule has 0 amide bonds. The maximum atomic E-state index is 5.73. The number of benzene rings is 1. The van der Waals surface area contributed by atoms with E-state index in [0.29, 0.717) is 13.2 Å². The first kappa shape index (κ1) is 10.5. The van der Waals surface area contributed by atoms with Gasteiger partial charge in [0, 0.05) is 26.5 Å². The lowest BCUT2D eigenvalue weighted by atomic mass is 10.1. The third-order valence-electron chi connectivity index (χ3n) is 2.45. The van der Waals surface area contributed by atoms with Gasteiger partial charge < -0.3 is 14.2 Å². The highest BCUT2D eigenvalue weighted by Gasteiger charge is 2.28. The fraction of sp³-hybridized carbons (Fsp3) is 0.500. The lowest BCUT2D eigenvalue weighted by Crippen LogP contribution is -2.35.